The molecule has 136 valence electrons. The molecule has 0 saturated heterocycles. The Morgan fingerprint density at radius 1 is 0.696 bits per heavy atom. The lowest BCUT2D eigenvalue weighted by Gasteiger charge is -2.20. The van der Waals surface area contributed by atoms with Crippen LogP contribution in [0.2, 0.25) is 0 Å². The molecule has 0 aromatic rings. The summed E-state index contributed by atoms with van der Waals surface area (Å²) in [4.78, 5) is 13.7. The van der Waals surface area contributed by atoms with Crippen LogP contribution >= 0.6 is 0 Å². The van der Waals surface area contributed by atoms with Crippen LogP contribution in [-0.2, 0) is 4.79 Å². The van der Waals surface area contributed by atoms with Gasteiger partial charge in [0.25, 0.3) is 0 Å². The van der Waals surface area contributed by atoms with Crippen LogP contribution < -0.4 is 0 Å². The molecule has 0 radical (unpaired) electrons. The summed E-state index contributed by atoms with van der Waals surface area (Å²) in [7, 11) is 0. The van der Waals surface area contributed by atoms with Crippen LogP contribution in [0.25, 0.3) is 0 Å². The molecule has 1 amide bonds. The summed E-state index contributed by atoms with van der Waals surface area (Å²) < 4.78 is 0. The highest BCUT2D eigenvalue weighted by molar-refractivity contribution is 5.86. The van der Waals surface area contributed by atoms with E-state index in [9.17, 15) is 4.79 Å². The smallest absolute Gasteiger partial charge is 0.245 e. The van der Waals surface area contributed by atoms with Crippen molar-refractivity contribution in [1.29, 1.82) is 0 Å². The maximum absolute atomic E-state index is 11.8. The SMILES string of the molecule is C=CC(=O)N(CCCC)CCCCCCCCCCCCCC. The average Bonchev–Trinajstić information content (AvgIpc) is 2.57. The van der Waals surface area contributed by atoms with Gasteiger partial charge in [0.15, 0.2) is 0 Å². The van der Waals surface area contributed by atoms with Gasteiger partial charge in [-0.25, -0.2) is 0 Å². The number of hydrogen-bond acceptors (Lipinski definition) is 1. The normalized spacial score (nSPS) is 10.7. The molecular formula is C21H41NO. The van der Waals surface area contributed by atoms with Gasteiger partial charge < -0.3 is 4.90 Å². The molecule has 0 spiro atoms. The van der Waals surface area contributed by atoms with Crippen molar-refractivity contribution in [3.05, 3.63) is 12.7 Å². The quantitative estimate of drug-likeness (QED) is 0.221. The lowest BCUT2D eigenvalue weighted by molar-refractivity contribution is -0.126. The molecule has 0 fully saturated rings. The second-order valence-electron chi connectivity index (χ2n) is 6.77. The second-order valence-corrected chi connectivity index (χ2v) is 6.77. The molecule has 0 rings (SSSR count). The van der Waals surface area contributed by atoms with E-state index >= 15 is 0 Å². The molecular weight excluding hydrogens is 282 g/mol. The first-order chi connectivity index (χ1) is 11.3. The largest absolute Gasteiger partial charge is 0.339 e. The molecule has 0 aromatic heterocycles. The summed E-state index contributed by atoms with van der Waals surface area (Å²) in [6.45, 7) is 9.84. The summed E-state index contributed by atoms with van der Waals surface area (Å²) in [5, 5.41) is 0. The predicted octanol–water partition coefficient (Wildman–Crippen LogP) is 6.50. The summed E-state index contributed by atoms with van der Waals surface area (Å²) in [6.07, 6.45) is 20.0. The first kappa shape index (κ1) is 22.2. The molecule has 2 nitrogen and oxygen atoms in total. The Morgan fingerprint density at radius 3 is 1.52 bits per heavy atom. The van der Waals surface area contributed by atoms with Crippen LogP contribution in [0, 0.1) is 0 Å². The van der Waals surface area contributed by atoms with E-state index in [1.807, 2.05) is 4.90 Å². The highest BCUT2D eigenvalue weighted by Gasteiger charge is 2.08. The number of hydrogen-bond donors (Lipinski definition) is 0. The zero-order valence-electron chi connectivity index (χ0n) is 16.0. The molecule has 0 saturated carbocycles. The van der Waals surface area contributed by atoms with E-state index in [1.165, 1.54) is 76.7 Å². The summed E-state index contributed by atoms with van der Waals surface area (Å²) in [5.74, 6) is 0.0986. The highest BCUT2D eigenvalue weighted by atomic mass is 16.2. The molecule has 0 aliphatic rings. The molecule has 0 aliphatic carbocycles. The topological polar surface area (TPSA) is 20.3 Å². The molecule has 0 aromatic carbocycles. The number of carbonyl (C=O) groups is 1. The van der Waals surface area contributed by atoms with Crippen molar-refractivity contribution >= 4 is 5.91 Å². The Bertz CT molecular complexity index is 275. The van der Waals surface area contributed by atoms with E-state index in [-0.39, 0.29) is 5.91 Å². The van der Waals surface area contributed by atoms with Gasteiger partial charge >= 0.3 is 0 Å². The maximum atomic E-state index is 11.8. The summed E-state index contributed by atoms with van der Waals surface area (Å²) in [5.41, 5.74) is 0. The number of carbonyl (C=O) groups excluding carboxylic acids is 1. The van der Waals surface area contributed by atoms with Gasteiger partial charge in [-0.3, -0.25) is 4.79 Å². The predicted molar refractivity (Wildman–Crippen MR) is 103 cm³/mol. The molecule has 2 heteroatoms. The molecule has 0 unspecified atom stereocenters. The zero-order valence-corrected chi connectivity index (χ0v) is 16.0. The van der Waals surface area contributed by atoms with Crippen molar-refractivity contribution in [3.63, 3.8) is 0 Å². The van der Waals surface area contributed by atoms with Gasteiger partial charge in [0.2, 0.25) is 5.91 Å². The van der Waals surface area contributed by atoms with Gasteiger partial charge in [-0.05, 0) is 18.9 Å². The fraction of sp³-hybridized carbons (Fsp3) is 0.857. The lowest BCUT2D eigenvalue weighted by Crippen LogP contribution is -2.31. The summed E-state index contributed by atoms with van der Waals surface area (Å²) >= 11 is 0. The molecule has 0 atom stereocenters. The first-order valence-electron chi connectivity index (χ1n) is 10.2. The third kappa shape index (κ3) is 14.5. The molecule has 0 N–H and O–H groups in total. The van der Waals surface area contributed by atoms with Crippen molar-refractivity contribution in [2.45, 2.75) is 104 Å². The number of rotatable bonds is 17. The molecule has 23 heavy (non-hydrogen) atoms. The number of nitrogens with zero attached hydrogens (tertiary/aromatic N) is 1. The third-order valence-corrected chi connectivity index (χ3v) is 4.55. The van der Waals surface area contributed by atoms with Crippen molar-refractivity contribution in [3.8, 4) is 0 Å². The Balaban J connectivity index is 3.42. The minimum absolute atomic E-state index is 0.0986. The Kier molecular flexibility index (Phi) is 17.0. The Labute approximate surface area is 145 Å². The Hall–Kier alpha value is -0.790. The third-order valence-electron chi connectivity index (χ3n) is 4.55. The van der Waals surface area contributed by atoms with E-state index in [0.717, 1.165) is 32.4 Å². The number of unbranched alkanes of at least 4 members (excludes halogenated alkanes) is 12. The lowest BCUT2D eigenvalue weighted by atomic mass is 10.1. The monoisotopic (exact) mass is 323 g/mol. The van der Waals surface area contributed by atoms with Gasteiger partial charge in [-0.1, -0.05) is 97.5 Å². The van der Waals surface area contributed by atoms with Gasteiger partial charge in [0.05, 0.1) is 0 Å². The van der Waals surface area contributed by atoms with Gasteiger partial charge in [-0.2, -0.15) is 0 Å². The van der Waals surface area contributed by atoms with Crippen molar-refractivity contribution < 1.29 is 4.79 Å². The number of amides is 1. The van der Waals surface area contributed by atoms with Crippen molar-refractivity contribution in [2.75, 3.05) is 13.1 Å². The minimum Gasteiger partial charge on any atom is -0.339 e. The van der Waals surface area contributed by atoms with E-state index in [1.54, 1.807) is 0 Å². The zero-order chi connectivity index (χ0) is 17.2. The average molecular weight is 324 g/mol. The highest BCUT2D eigenvalue weighted by Crippen LogP contribution is 2.12. The van der Waals surface area contributed by atoms with Gasteiger partial charge in [0.1, 0.15) is 0 Å². The molecule has 0 aliphatic heterocycles. The van der Waals surface area contributed by atoms with Crippen LogP contribution in [0.3, 0.4) is 0 Å². The van der Waals surface area contributed by atoms with Crippen LogP contribution in [0.5, 0.6) is 0 Å². The standard InChI is InChI=1S/C21H41NO/c1-4-7-9-10-11-12-13-14-15-16-17-18-20-22(19-8-5-2)21(23)6-3/h6H,3-5,7-20H2,1-2H3. The van der Waals surface area contributed by atoms with Gasteiger partial charge in [-0.15, -0.1) is 0 Å². The summed E-state index contributed by atoms with van der Waals surface area (Å²) in [6, 6.07) is 0. The van der Waals surface area contributed by atoms with Crippen LogP contribution in [0.4, 0.5) is 0 Å². The van der Waals surface area contributed by atoms with E-state index in [4.69, 9.17) is 0 Å². The van der Waals surface area contributed by atoms with E-state index in [2.05, 4.69) is 20.4 Å². The van der Waals surface area contributed by atoms with Crippen molar-refractivity contribution in [1.82, 2.24) is 4.90 Å². The molecule has 0 bridgehead atoms. The van der Waals surface area contributed by atoms with E-state index in [0.29, 0.717) is 0 Å². The Morgan fingerprint density at radius 2 is 1.09 bits per heavy atom. The maximum Gasteiger partial charge on any atom is 0.245 e. The fourth-order valence-corrected chi connectivity index (χ4v) is 2.95. The fourth-order valence-electron chi connectivity index (χ4n) is 2.95. The van der Waals surface area contributed by atoms with Crippen LogP contribution in [0.1, 0.15) is 104 Å². The van der Waals surface area contributed by atoms with Crippen LogP contribution in [0.15, 0.2) is 12.7 Å². The first-order valence-corrected chi connectivity index (χ1v) is 10.2. The van der Waals surface area contributed by atoms with Crippen LogP contribution in [-0.4, -0.2) is 23.9 Å². The minimum atomic E-state index is 0.0986. The van der Waals surface area contributed by atoms with Crippen molar-refractivity contribution in [2.24, 2.45) is 0 Å². The second kappa shape index (κ2) is 17.6. The van der Waals surface area contributed by atoms with Gasteiger partial charge in [0, 0.05) is 13.1 Å². The van der Waals surface area contributed by atoms with E-state index < -0.39 is 0 Å². The molecule has 0 heterocycles.